The van der Waals surface area contributed by atoms with Crippen molar-refractivity contribution in [3.05, 3.63) is 0 Å². The van der Waals surface area contributed by atoms with Crippen molar-refractivity contribution in [2.75, 3.05) is 20.3 Å². The number of carbonyl (C=O) groups excluding carboxylic acids is 1. The highest BCUT2D eigenvalue weighted by atomic mass is 16.5. The minimum atomic E-state index is -0.0318. The number of carbonyl (C=O) groups is 1. The summed E-state index contributed by atoms with van der Waals surface area (Å²) in [6, 6.07) is 0.342. The minimum Gasteiger partial charge on any atom is -0.385 e. The monoisotopic (exact) mass is 228 g/mol. The molecule has 0 aromatic carbocycles. The fourth-order valence-electron chi connectivity index (χ4n) is 2.06. The second kappa shape index (κ2) is 7.49. The quantitative estimate of drug-likeness (QED) is 0.706. The van der Waals surface area contributed by atoms with Crippen molar-refractivity contribution in [1.82, 2.24) is 10.6 Å². The maximum atomic E-state index is 11.5. The number of hydrogen-bond donors (Lipinski definition) is 2. The van der Waals surface area contributed by atoms with Crippen molar-refractivity contribution in [3.63, 3.8) is 0 Å². The molecule has 0 unspecified atom stereocenters. The molecular formula is C12H24N2O2. The first kappa shape index (κ1) is 13.3. The van der Waals surface area contributed by atoms with Gasteiger partial charge in [0, 0.05) is 26.3 Å². The molecule has 0 aliphatic heterocycles. The molecule has 0 saturated heterocycles. The molecule has 16 heavy (non-hydrogen) atoms. The van der Waals surface area contributed by atoms with E-state index in [0.29, 0.717) is 19.2 Å². The zero-order valence-electron chi connectivity index (χ0n) is 10.4. The lowest BCUT2D eigenvalue weighted by Gasteiger charge is -2.26. The van der Waals surface area contributed by atoms with E-state index < -0.39 is 0 Å². The van der Waals surface area contributed by atoms with E-state index in [1.807, 2.05) is 0 Å². The van der Waals surface area contributed by atoms with Crippen LogP contribution in [0.4, 0.5) is 4.79 Å². The number of methoxy groups -OCH3 is 1. The predicted molar refractivity (Wildman–Crippen MR) is 64.4 cm³/mol. The molecule has 0 spiro atoms. The number of ether oxygens (including phenoxy) is 1. The molecule has 1 fully saturated rings. The summed E-state index contributed by atoms with van der Waals surface area (Å²) in [4.78, 5) is 11.5. The lowest BCUT2D eigenvalue weighted by molar-refractivity contribution is 0.192. The fourth-order valence-corrected chi connectivity index (χ4v) is 2.06. The molecule has 1 aliphatic carbocycles. The summed E-state index contributed by atoms with van der Waals surface area (Å²) in [6.07, 6.45) is 5.56. The van der Waals surface area contributed by atoms with Crippen molar-refractivity contribution in [2.45, 2.75) is 45.1 Å². The third-order valence-electron chi connectivity index (χ3n) is 3.16. The first-order valence-corrected chi connectivity index (χ1v) is 6.25. The van der Waals surface area contributed by atoms with Crippen LogP contribution in [0.2, 0.25) is 0 Å². The Labute approximate surface area is 98.1 Å². The van der Waals surface area contributed by atoms with Gasteiger partial charge >= 0.3 is 6.03 Å². The predicted octanol–water partition coefficient (Wildman–Crippen LogP) is 1.90. The lowest BCUT2D eigenvalue weighted by Crippen LogP contribution is -2.43. The van der Waals surface area contributed by atoms with Crippen LogP contribution in [-0.4, -0.2) is 32.3 Å². The highest BCUT2D eigenvalue weighted by Gasteiger charge is 2.19. The normalized spacial score (nSPS) is 25.1. The maximum absolute atomic E-state index is 11.5. The van der Waals surface area contributed by atoms with Gasteiger partial charge in [-0.1, -0.05) is 6.92 Å². The number of hydrogen-bond acceptors (Lipinski definition) is 2. The van der Waals surface area contributed by atoms with E-state index in [9.17, 15) is 4.79 Å². The molecule has 0 aromatic rings. The maximum Gasteiger partial charge on any atom is 0.315 e. The van der Waals surface area contributed by atoms with Crippen LogP contribution in [0.3, 0.4) is 0 Å². The van der Waals surface area contributed by atoms with E-state index in [1.165, 1.54) is 12.8 Å². The molecule has 0 heterocycles. The highest BCUT2D eigenvalue weighted by Crippen LogP contribution is 2.23. The second-order valence-corrected chi connectivity index (χ2v) is 4.70. The molecule has 0 aromatic heterocycles. The Morgan fingerprint density at radius 3 is 2.62 bits per heavy atom. The third kappa shape index (κ3) is 5.35. The summed E-state index contributed by atoms with van der Waals surface area (Å²) in [6.45, 7) is 3.66. The topological polar surface area (TPSA) is 50.4 Å². The minimum absolute atomic E-state index is 0.0318. The van der Waals surface area contributed by atoms with E-state index >= 15 is 0 Å². The van der Waals surface area contributed by atoms with Gasteiger partial charge in [-0.15, -0.1) is 0 Å². The van der Waals surface area contributed by atoms with Crippen LogP contribution in [0.25, 0.3) is 0 Å². The Balaban J connectivity index is 2.05. The van der Waals surface area contributed by atoms with Crippen molar-refractivity contribution < 1.29 is 9.53 Å². The summed E-state index contributed by atoms with van der Waals surface area (Å²) in [5, 5.41) is 5.87. The largest absolute Gasteiger partial charge is 0.385 e. The van der Waals surface area contributed by atoms with Gasteiger partial charge in [0.2, 0.25) is 0 Å². The van der Waals surface area contributed by atoms with Gasteiger partial charge in [0.15, 0.2) is 0 Å². The zero-order chi connectivity index (χ0) is 11.8. The average molecular weight is 228 g/mol. The van der Waals surface area contributed by atoms with Crippen molar-refractivity contribution in [3.8, 4) is 0 Å². The van der Waals surface area contributed by atoms with Crippen molar-refractivity contribution in [1.29, 1.82) is 0 Å². The third-order valence-corrected chi connectivity index (χ3v) is 3.16. The summed E-state index contributed by atoms with van der Waals surface area (Å²) < 4.78 is 4.91. The first-order valence-electron chi connectivity index (χ1n) is 6.25. The Morgan fingerprint density at radius 2 is 2.00 bits per heavy atom. The van der Waals surface area contributed by atoms with Crippen LogP contribution in [0.15, 0.2) is 0 Å². The van der Waals surface area contributed by atoms with Crippen molar-refractivity contribution >= 4 is 6.03 Å². The Hall–Kier alpha value is -0.770. The summed E-state index contributed by atoms with van der Waals surface area (Å²) in [7, 11) is 1.67. The fraction of sp³-hybridized carbons (Fsp3) is 0.917. The van der Waals surface area contributed by atoms with Gasteiger partial charge in [0.25, 0.3) is 0 Å². The molecule has 1 aliphatic rings. The summed E-state index contributed by atoms with van der Waals surface area (Å²) in [5.74, 6) is 0.822. The average Bonchev–Trinajstić information content (AvgIpc) is 2.28. The molecule has 0 bridgehead atoms. The van der Waals surface area contributed by atoms with Gasteiger partial charge in [-0.3, -0.25) is 0 Å². The number of nitrogens with one attached hydrogen (secondary N) is 2. The standard InChI is InChI=1S/C12H24N2O2/c1-10-4-6-11(7-5-10)14-12(15)13-8-3-9-16-2/h10-11H,3-9H2,1-2H3,(H2,13,14,15). The van der Waals surface area contributed by atoms with Crippen LogP contribution in [0.1, 0.15) is 39.0 Å². The smallest absolute Gasteiger partial charge is 0.315 e. The van der Waals surface area contributed by atoms with Crippen LogP contribution in [-0.2, 0) is 4.74 Å². The molecule has 2 N–H and O–H groups in total. The van der Waals surface area contributed by atoms with Crippen LogP contribution in [0, 0.1) is 5.92 Å². The summed E-state index contributed by atoms with van der Waals surface area (Å²) >= 11 is 0. The molecular weight excluding hydrogens is 204 g/mol. The van der Waals surface area contributed by atoms with E-state index in [2.05, 4.69) is 17.6 Å². The van der Waals surface area contributed by atoms with Gasteiger partial charge in [-0.05, 0) is 38.0 Å². The highest BCUT2D eigenvalue weighted by molar-refractivity contribution is 5.74. The molecule has 4 heteroatoms. The van der Waals surface area contributed by atoms with Crippen LogP contribution < -0.4 is 10.6 Å². The zero-order valence-corrected chi connectivity index (χ0v) is 10.4. The Kier molecular flexibility index (Phi) is 6.23. The van der Waals surface area contributed by atoms with Crippen LogP contribution >= 0.6 is 0 Å². The Morgan fingerprint density at radius 1 is 1.31 bits per heavy atom. The van der Waals surface area contributed by atoms with E-state index in [-0.39, 0.29) is 6.03 Å². The summed E-state index contributed by atoms with van der Waals surface area (Å²) in [5.41, 5.74) is 0. The van der Waals surface area contributed by atoms with Crippen LogP contribution in [0.5, 0.6) is 0 Å². The van der Waals surface area contributed by atoms with Crippen molar-refractivity contribution in [2.24, 2.45) is 5.92 Å². The molecule has 4 nitrogen and oxygen atoms in total. The van der Waals surface area contributed by atoms with Gasteiger partial charge in [-0.2, -0.15) is 0 Å². The van der Waals surface area contributed by atoms with Gasteiger partial charge in [0.1, 0.15) is 0 Å². The van der Waals surface area contributed by atoms with E-state index in [1.54, 1.807) is 7.11 Å². The molecule has 1 saturated carbocycles. The first-order chi connectivity index (χ1) is 7.72. The molecule has 0 radical (unpaired) electrons. The molecule has 0 atom stereocenters. The molecule has 1 rings (SSSR count). The second-order valence-electron chi connectivity index (χ2n) is 4.70. The number of rotatable bonds is 5. The molecule has 2 amide bonds. The van der Waals surface area contributed by atoms with Gasteiger partial charge < -0.3 is 15.4 Å². The Bertz CT molecular complexity index is 201. The van der Waals surface area contributed by atoms with Gasteiger partial charge in [0.05, 0.1) is 0 Å². The van der Waals surface area contributed by atoms with E-state index in [4.69, 9.17) is 4.74 Å². The number of urea groups is 1. The SMILES string of the molecule is COCCCNC(=O)NC1CCC(C)CC1. The van der Waals surface area contributed by atoms with E-state index in [0.717, 1.165) is 25.2 Å². The van der Waals surface area contributed by atoms with Gasteiger partial charge in [-0.25, -0.2) is 4.79 Å². The number of amides is 2. The lowest BCUT2D eigenvalue weighted by atomic mass is 9.87. The molecule has 94 valence electrons.